The number of aromatic amines is 1. The number of hydrogen-bond donors (Lipinski definition) is 1. The van der Waals surface area contributed by atoms with Crippen molar-refractivity contribution in [1.82, 2.24) is 14.5 Å². The van der Waals surface area contributed by atoms with E-state index >= 15 is 0 Å². The smallest absolute Gasteiger partial charge is 0.296 e. The van der Waals surface area contributed by atoms with Crippen LogP contribution in [0.15, 0.2) is 82.4 Å². The molecule has 0 aliphatic rings. The number of H-pyrrole nitrogens is 1. The normalized spacial score (nSPS) is 11.3. The fraction of sp³-hybridized carbons (Fsp3) is 0. The summed E-state index contributed by atoms with van der Waals surface area (Å²) in [5, 5.41) is 2.50. The van der Waals surface area contributed by atoms with E-state index in [-0.39, 0.29) is 5.52 Å². The summed E-state index contributed by atoms with van der Waals surface area (Å²) < 4.78 is 1.17. The van der Waals surface area contributed by atoms with E-state index in [1.54, 1.807) is 6.07 Å². The highest BCUT2D eigenvalue weighted by atomic mass is 32.1. The Morgan fingerprint density at radius 2 is 1.59 bits per heavy atom. The molecule has 0 aliphatic carbocycles. The molecule has 0 amide bonds. The van der Waals surface area contributed by atoms with Crippen LogP contribution in [0.1, 0.15) is 0 Å². The van der Waals surface area contributed by atoms with Gasteiger partial charge in [-0.2, -0.15) is 0 Å². The molecule has 0 bridgehead atoms. The maximum atomic E-state index is 13.1. The zero-order valence-electron chi connectivity index (χ0n) is 14.0. The van der Waals surface area contributed by atoms with Crippen LogP contribution < -0.4 is 11.2 Å². The number of benzene rings is 3. The van der Waals surface area contributed by atoms with E-state index in [4.69, 9.17) is 0 Å². The highest BCUT2D eigenvalue weighted by Gasteiger charge is 2.16. The third-order valence-corrected chi connectivity index (χ3v) is 5.50. The van der Waals surface area contributed by atoms with Crippen molar-refractivity contribution in [2.75, 3.05) is 0 Å². The van der Waals surface area contributed by atoms with Gasteiger partial charge in [0, 0.05) is 10.9 Å². The zero-order valence-corrected chi connectivity index (χ0v) is 14.9. The Balaban J connectivity index is 1.81. The van der Waals surface area contributed by atoms with Crippen molar-refractivity contribution in [3.05, 3.63) is 93.6 Å². The van der Waals surface area contributed by atoms with Crippen LogP contribution in [0.2, 0.25) is 0 Å². The topological polar surface area (TPSA) is 67.8 Å². The van der Waals surface area contributed by atoms with Crippen molar-refractivity contribution >= 4 is 32.5 Å². The predicted molar refractivity (Wildman–Crippen MR) is 109 cm³/mol. The Morgan fingerprint density at radius 3 is 2.44 bits per heavy atom. The molecule has 6 heteroatoms. The summed E-state index contributed by atoms with van der Waals surface area (Å²) in [6.45, 7) is 0. The Bertz CT molecular complexity index is 1410. The van der Waals surface area contributed by atoms with E-state index in [0.717, 1.165) is 16.3 Å². The summed E-state index contributed by atoms with van der Waals surface area (Å²) in [5.41, 5.74) is 0.855. The molecule has 0 radical (unpaired) electrons. The summed E-state index contributed by atoms with van der Waals surface area (Å²) in [6.07, 6.45) is 0. The maximum Gasteiger partial charge on any atom is 0.334 e. The van der Waals surface area contributed by atoms with Gasteiger partial charge in [-0.1, -0.05) is 78.1 Å². The molecule has 0 spiro atoms. The van der Waals surface area contributed by atoms with Crippen LogP contribution in [0, 0.1) is 0 Å². The van der Waals surface area contributed by atoms with E-state index in [2.05, 4.69) is 9.97 Å². The molecule has 130 valence electrons. The van der Waals surface area contributed by atoms with Crippen LogP contribution in [0.25, 0.3) is 37.4 Å². The lowest BCUT2D eigenvalue weighted by Gasteiger charge is -2.08. The van der Waals surface area contributed by atoms with Gasteiger partial charge in [0.05, 0.1) is 5.69 Å². The number of fused-ring (bicyclic) bond motifs is 2. The lowest BCUT2D eigenvalue weighted by molar-refractivity contribution is 0.907. The lowest BCUT2D eigenvalue weighted by atomic mass is 10.1. The fourth-order valence-electron chi connectivity index (χ4n) is 3.23. The Labute approximate surface area is 157 Å². The zero-order chi connectivity index (χ0) is 18.4. The van der Waals surface area contributed by atoms with E-state index in [9.17, 15) is 9.59 Å². The van der Waals surface area contributed by atoms with Gasteiger partial charge in [-0.3, -0.25) is 9.78 Å². The molecule has 5 nitrogen and oxygen atoms in total. The number of aromatic nitrogens is 3. The van der Waals surface area contributed by atoms with Gasteiger partial charge < -0.3 is 0 Å². The molecule has 1 N–H and O–H groups in total. The van der Waals surface area contributed by atoms with Gasteiger partial charge >= 0.3 is 5.69 Å². The van der Waals surface area contributed by atoms with Gasteiger partial charge in [-0.25, -0.2) is 14.3 Å². The van der Waals surface area contributed by atoms with E-state index in [0.29, 0.717) is 15.5 Å². The van der Waals surface area contributed by atoms with Crippen molar-refractivity contribution in [2.24, 2.45) is 0 Å². The molecule has 27 heavy (non-hydrogen) atoms. The summed E-state index contributed by atoms with van der Waals surface area (Å²) >= 11 is 1.31. The monoisotopic (exact) mass is 371 g/mol. The molecule has 2 heterocycles. The molecule has 0 aliphatic heterocycles. The number of nitrogens with one attached hydrogen (secondary N) is 1. The molecular formula is C21H13N3O2S. The Kier molecular flexibility index (Phi) is 3.51. The number of rotatable bonds is 2. The van der Waals surface area contributed by atoms with Crippen LogP contribution in [-0.4, -0.2) is 14.5 Å². The van der Waals surface area contributed by atoms with Gasteiger partial charge in [-0.05, 0) is 11.5 Å². The van der Waals surface area contributed by atoms with E-state index in [1.807, 2.05) is 66.7 Å². The molecule has 2 aromatic heterocycles. The first-order chi connectivity index (χ1) is 13.2. The summed E-state index contributed by atoms with van der Waals surface area (Å²) in [6, 6.07) is 22.8. The standard InChI is InChI=1S/C21H13N3O2S/c25-20-17-19(27-18(22-17)14-8-2-1-3-9-14)23-21(26)24(20)16-12-6-10-13-7-4-5-11-15(13)16/h1-12H,(H,23,26). The summed E-state index contributed by atoms with van der Waals surface area (Å²) in [4.78, 5) is 33.7. The fourth-order valence-corrected chi connectivity index (χ4v) is 4.18. The molecule has 0 saturated carbocycles. The number of nitrogens with zero attached hydrogens (tertiary/aromatic N) is 2. The second kappa shape index (κ2) is 6.03. The Hall–Kier alpha value is -3.51. The summed E-state index contributed by atoms with van der Waals surface area (Å²) in [7, 11) is 0. The first kappa shape index (κ1) is 15.7. The highest BCUT2D eigenvalue weighted by molar-refractivity contribution is 7.21. The van der Waals surface area contributed by atoms with Crippen LogP contribution in [0.4, 0.5) is 0 Å². The van der Waals surface area contributed by atoms with E-state index in [1.165, 1.54) is 15.9 Å². The van der Waals surface area contributed by atoms with Crippen LogP contribution in [0.5, 0.6) is 0 Å². The lowest BCUT2D eigenvalue weighted by Crippen LogP contribution is -2.33. The molecule has 0 fully saturated rings. The minimum Gasteiger partial charge on any atom is -0.296 e. The van der Waals surface area contributed by atoms with Crippen LogP contribution >= 0.6 is 11.3 Å². The van der Waals surface area contributed by atoms with Gasteiger partial charge in [0.15, 0.2) is 5.52 Å². The minimum absolute atomic E-state index is 0.270. The van der Waals surface area contributed by atoms with Crippen molar-refractivity contribution in [2.45, 2.75) is 0 Å². The van der Waals surface area contributed by atoms with Crippen molar-refractivity contribution < 1.29 is 0 Å². The van der Waals surface area contributed by atoms with Gasteiger partial charge in [0.1, 0.15) is 9.84 Å². The molecule has 0 saturated heterocycles. The first-order valence-corrected chi connectivity index (χ1v) is 9.23. The Morgan fingerprint density at radius 1 is 0.852 bits per heavy atom. The number of thiazole rings is 1. The number of hydrogen-bond acceptors (Lipinski definition) is 4. The average molecular weight is 371 g/mol. The largest absolute Gasteiger partial charge is 0.334 e. The van der Waals surface area contributed by atoms with E-state index < -0.39 is 11.2 Å². The van der Waals surface area contributed by atoms with Crippen LogP contribution in [0.3, 0.4) is 0 Å². The second-order valence-electron chi connectivity index (χ2n) is 6.13. The second-order valence-corrected chi connectivity index (χ2v) is 7.13. The third-order valence-electron chi connectivity index (χ3n) is 4.48. The molecule has 0 atom stereocenters. The van der Waals surface area contributed by atoms with Gasteiger partial charge in [0.25, 0.3) is 5.56 Å². The minimum atomic E-state index is -0.466. The third kappa shape index (κ3) is 2.50. The van der Waals surface area contributed by atoms with Crippen molar-refractivity contribution in [3.63, 3.8) is 0 Å². The quantitative estimate of drug-likeness (QED) is 0.511. The van der Waals surface area contributed by atoms with Gasteiger partial charge in [0.2, 0.25) is 0 Å². The predicted octanol–water partition coefficient (Wildman–Crippen LogP) is 3.96. The maximum absolute atomic E-state index is 13.1. The van der Waals surface area contributed by atoms with Crippen LogP contribution in [-0.2, 0) is 0 Å². The SMILES string of the molecule is O=c1[nH]c2sc(-c3ccccc3)nc2c(=O)n1-c1cccc2ccccc12. The van der Waals surface area contributed by atoms with Gasteiger partial charge in [-0.15, -0.1) is 0 Å². The average Bonchev–Trinajstić information content (AvgIpc) is 3.13. The first-order valence-electron chi connectivity index (χ1n) is 8.42. The molecule has 3 aromatic carbocycles. The highest BCUT2D eigenvalue weighted by Crippen LogP contribution is 2.27. The summed E-state index contributed by atoms with van der Waals surface area (Å²) in [5.74, 6) is 0. The van der Waals surface area contributed by atoms with Crippen molar-refractivity contribution in [1.29, 1.82) is 0 Å². The molecule has 5 aromatic rings. The molecular weight excluding hydrogens is 358 g/mol. The van der Waals surface area contributed by atoms with Crippen molar-refractivity contribution in [3.8, 4) is 16.3 Å². The molecule has 5 rings (SSSR count). The molecule has 0 unspecified atom stereocenters.